The van der Waals surface area contributed by atoms with Crippen LogP contribution in [0, 0.1) is 5.92 Å². The van der Waals surface area contributed by atoms with E-state index in [2.05, 4.69) is 43.1 Å². The second kappa shape index (κ2) is 4.39. The molecule has 0 amide bonds. The van der Waals surface area contributed by atoms with Crippen molar-refractivity contribution in [1.82, 2.24) is 9.80 Å². The quantitative estimate of drug-likeness (QED) is 0.634. The summed E-state index contributed by atoms with van der Waals surface area (Å²) in [5.41, 5.74) is 0. The monoisotopic (exact) mass is 168 g/mol. The summed E-state index contributed by atoms with van der Waals surface area (Å²) in [4.78, 5) is 4.58. The van der Waals surface area contributed by atoms with Crippen LogP contribution < -0.4 is 0 Å². The van der Waals surface area contributed by atoms with Gasteiger partial charge in [-0.1, -0.05) is 20.3 Å². The summed E-state index contributed by atoms with van der Waals surface area (Å²) in [7, 11) is 2.11. The van der Waals surface area contributed by atoms with Gasteiger partial charge in [0, 0.05) is 26.0 Å². The molecular weight excluding hydrogens is 148 g/mol. The van der Waals surface area contributed by atoms with Gasteiger partial charge in [-0.3, -0.25) is 0 Å². The number of nitrogens with zero attached hydrogens (tertiary/aromatic N) is 2. The van der Waals surface area contributed by atoms with Crippen molar-refractivity contribution < 1.29 is 0 Å². The Kier molecular flexibility index (Phi) is 3.45. The van der Waals surface area contributed by atoms with Gasteiger partial charge in [0.2, 0.25) is 0 Å². The molecule has 70 valence electrons. The van der Waals surface area contributed by atoms with Crippen LogP contribution in [0.4, 0.5) is 0 Å². The predicted molar refractivity (Wildman–Crippen MR) is 52.5 cm³/mol. The average molecular weight is 168 g/mol. The van der Waals surface area contributed by atoms with Crippen LogP contribution >= 0.6 is 0 Å². The smallest absolute Gasteiger partial charge is 0.0890 e. The maximum atomic E-state index is 2.38. The minimum absolute atomic E-state index is 0.825. The predicted octanol–water partition coefficient (Wildman–Crippen LogP) is 2.10. The van der Waals surface area contributed by atoms with Crippen LogP contribution in [0.1, 0.15) is 26.7 Å². The fourth-order valence-corrected chi connectivity index (χ4v) is 1.69. The minimum Gasteiger partial charge on any atom is -0.362 e. The Morgan fingerprint density at radius 3 is 2.67 bits per heavy atom. The molecule has 2 nitrogen and oxygen atoms in total. The van der Waals surface area contributed by atoms with E-state index in [-0.39, 0.29) is 0 Å². The lowest BCUT2D eigenvalue weighted by molar-refractivity contribution is 0.259. The molecule has 0 aromatic rings. The van der Waals surface area contributed by atoms with Gasteiger partial charge in [-0.25, -0.2) is 0 Å². The summed E-state index contributed by atoms with van der Waals surface area (Å²) in [6, 6.07) is 0. The van der Waals surface area contributed by atoms with Gasteiger partial charge in [0.25, 0.3) is 0 Å². The van der Waals surface area contributed by atoms with E-state index in [0.717, 1.165) is 12.6 Å². The SMILES string of the molecule is CCCC(C)CN1C=CN(C)C1. The molecule has 0 saturated carbocycles. The Morgan fingerprint density at radius 2 is 2.17 bits per heavy atom. The molecule has 1 rings (SSSR count). The molecule has 0 aliphatic carbocycles. The first kappa shape index (κ1) is 9.43. The van der Waals surface area contributed by atoms with Crippen LogP contribution in [-0.4, -0.2) is 30.1 Å². The minimum atomic E-state index is 0.825. The molecule has 1 unspecified atom stereocenters. The zero-order valence-corrected chi connectivity index (χ0v) is 8.45. The highest BCUT2D eigenvalue weighted by atomic mass is 15.3. The van der Waals surface area contributed by atoms with E-state index in [1.807, 2.05) is 0 Å². The number of hydrogen-bond donors (Lipinski definition) is 0. The molecule has 1 atom stereocenters. The van der Waals surface area contributed by atoms with Crippen LogP contribution in [0.25, 0.3) is 0 Å². The van der Waals surface area contributed by atoms with E-state index >= 15 is 0 Å². The summed E-state index contributed by atoms with van der Waals surface area (Å²) in [6.07, 6.45) is 6.97. The summed E-state index contributed by atoms with van der Waals surface area (Å²) in [5.74, 6) is 0.825. The maximum Gasteiger partial charge on any atom is 0.0890 e. The molecule has 0 aromatic carbocycles. The topological polar surface area (TPSA) is 6.48 Å². The third-order valence-electron chi connectivity index (χ3n) is 2.26. The maximum absolute atomic E-state index is 2.38. The van der Waals surface area contributed by atoms with Crippen molar-refractivity contribution in [3.8, 4) is 0 Å². The number of rotatable bonds is 4. The first-order chi connectivity index (χ1) is 5.72. The van der Waals surface area contributed by atoms with E-state index in [1.54, 1.807) is 0 Å². The van der Waals surface area contributed by atoms with Crippen molar-refractivity contribution in [2.24, 2.45) is 5.92 Å². The van der Waals surface area contributed by atoms with E-state index in [0.29, 0.717) is 0 Å². The van der Waals surface area contributed by atoms with Gasteiger partial charge in [-0.2, -0.15) is 0 Å². The van der Waals surface area contributed by atoms with Crippen molar-refractivity contribution in [3.05, 3.63) is 12.4 Å². The van der Waals surface area contributed by atoms with E-state index < -0.39 is 0 Å². The molecule has 12 heavy (non-hydrogen) atoms. The first-order valence-corrected chi connectivity index (χ1v) is 4.85. The van der Waals surface area contributed by atoms with Crippen LogP contribution in [0.3, 0.4) is 0 Å². The van der Waals surface area contributed by atoms with Gasteiger partial charge in [-0.15, -0.1) is 0 Å². The first-order valence-electron chi connectivity index (χ1n) is 4.85. The fourth-order valence-electron chi connectivity index (χ4n) is 1.69. The van der Waals surface area contributed by atoms with Crippen molar-refractivity contribution in [1.29, 1.82) is 0 Å². The van der Waals surface area contributed by atoms with E-state index in [4.69, 9.17) is 0 Å². The van der Waals surface area contributed by atoms with Gasteiger partial charge in [-0.05, 0) is 12.3 Å². The van der Waals surface area contributed by atoms with Gasteiger partial charge in [0.1, 0.15) is 0 Å². The fraction of sp³-hybridized carbons (Fsp3) is 0.800. The Morgan fingerprint density at radius 1 is 1.42 bits per heavy atom. The highest BCUT2D eigenvalue weighted by Crippen LogP contribution is 2.11. The standard InChI is InChI=1S/C10H20N2/c1-4-5-10(2)8-12-7-6-11(3)9-12/h6-7,10H,4-5,8-9H2,1-3H3. The molecule has 2 heteroatoms. The molecule has 0 radical (unpaired) electrons. The Labute approximate surface area is 75.8 Å². The molecule has 0 aromatic heterocycles. The van der Waals surface area contributed by atoms with Gasteiger partial charge in [0.05, 0.1) is 6.67 Å². The molecule has 1 aliphatic heterocycles. The van der Waals surface area contributed by atoms with Crippen molar-refractivity contribution in [2.75, 3.05) is 20.3 Å². The highest BCUT2D eigenvalue weighted by Gasteiger charge is 2.10. The van der Waals surface area contributed by atoms with Crippen LogP contribution in [0.15, 0.2) is 12.4 Å². The lowest BCUT2D eigenvalue weighted by atomic mass is 10.1. The van der Waals surface area contributed by atoms with Crippen LogP contribution in [0.5, 0.6) is 0 Å². The van der Waals surface area contributed by atoms with E-state index in [9.17, 15) is 0 Å². The summed E-state index contributed by atoms with van der Waals surface area (Å²) in [6.45, 7) is 6.85. The third kappa shape index (κ3) is 2.76. The van der Waals surface area contributed by atoms with Gasteiger partial charge >= 0.3 is 0 Å². The molecular formula is C10H20N2. The Balaban J connectivity index is 2.19. The zero-order chi connectivity index (χ0) is 8.97. The second-order valence-corrected chi connectivity index (χ2v) is 3.86. The molecule has 0 fully saturated rings. The van der Waals surface area contributed by atoms with E-state index in [1.165, 1.54) is 19.4 Å². The normalized spacial score (nSPS) is 18.9. The van der Waals surface area contributed by atoms with Crippen molar-refractivity contribution in [3.63, 3.8) is 0 Å². The molecule has 0 saturated heterocycles. The Hall–Kier alpha value is -0.660. The average Bonchev–Trinajstić information content (AvgIpc) is 2.36. The third-order valence-corrected chi connectivity index (χ3v) is 2.26. The molecule has 0 bridgehead atoms. The lowest BCUT2D eigenvalue weighted by Crippen LogP contribution is -2.26. The molecule has 1 heterocycles. The highest BCUT2D eigenvalue weighted by molar-refractivity contribution is 4.88. The second-order valence-electron chi connectivity index (χ2n) is 3.86. The molecule has 1 aliphatic rings. The van der Waals surface area contributed by atoms with Gasteiger partial charge in [0.15, 0.2) is 0 Å². The van der Waals surface area contributed by atoms with Crippen molar-refractivity contribution in [2.45, 2.75) is 26.7 Å². The zero-order valence-electron chi connectivity index (χ0n) is 8.45. The summed E-state index contributed by atoms with van der Waals surface area (Å²) in [5, 5.41) is 0. The van der Waals surface area contributed by atoms with Gasteiger partial charge < -0.3 is 9.80 Å². The van der Waals surface area contributed by atoms with Crippen LogP contribution in [0.2, 0.25) is 0 Å². The molecule has 0 spiro atoms. The summed E-state index contributed by atoms with van der Waals surface area (Å²) >= 11 is 0. The number of hydrogen-bond acceptors (Lipinski definition) is 2. The molecule has 0 N–H and O–H groups in total. The lowest BCUT2D eigenvalue weighted by Gasteiger charge is -2.21. The van der Waals surface area contributed by atoms with Crippen molar-refractivity contribution >= 4 is 0 Å². The van der Waals surface area contributed by atoms with Crippen LogP contribution in [-0.2, 0) is 0 Å². The largest absolute Gasteiger partial charge is 0.362 e. The summed E-state index contributed by atoms with van der Waals surface area (Å²) < 4.78 is 0. The Bertz CT molecular complexity index is 154.